The van der Waals surface area contributed by atoms with E-state index in [9.17, 15) is 2.74 Å². The first kappa shape index (κ1) is 16.7. The Bertz CT molecular complexity index is 2430. The maximum atomic E-state index is 9.70. The molecule has 0 fully saturated rings. The molecule has 0 aliphatic rings. The van der Waals surface area contributed by atoms with Crippen molar-refractivity contribution < 1.29 is 12.6 Å². The smallest absolute Gasteiger partial charge is 0.136 e. The second kappa shape index (κ2) is 8.72. The fraction of sp³-hybridized carbons (Fsp3) is 0. The van der Waals surface area contributed by atoms with Gasteiger partial charge in [-0.15, -0.1) is 0 Å². The molecular formula is C38H24O. The van der Waals surface area contributed by atoms with Gasteiger partial charge in [-0.3, -0.25) is 0 Å². The monoisotopic (exact) mass is 502 g/mol. The molecule has 0 aliphatic carbocycles. The van der Waals surface area contributed by atoms with Gasteiger partial charge in [0, 0.05) is 10.8 Å². The molecule has 0 amide bonds. The molecule has 39 heavy (non-hydrogen) atoms. The summed E-state index contributed by atoms with van der Waals surface area (Å²) in [6.45, 7) is 0. The van der Waals surface area contributed by atoms with Crippen molar-refractivity contribution in [1.29, 1.82) is 0 Å². The largest absolute Gasteiger partial charge is 0.456 e. The van der Waals surface area contributed by atoms with E-state index in [1.165, 1.54) is 0 Å². The van der Waals surface area contributed by atoms with Gasteiger partial charge in [-0.25, -0.2) is 0 Å². The fourth-order valence-electron chi connectivity index (χ4n) is 5.71. The van der Waals surface area contributed by atoms with E-state index in [1.54, 1.807) is 0 Å². The highest BCUT2D eigenvalue weighted by Crippen LogP contribution is 2.45. The number of benzene rings is 7. The Hall–Kier alpha value is -5.14. The highest BCUT2D eigenvalue weighted by Gasteiger charge is 2.18. The van der Waals surface area contributed by atoms with Gasteiger partial charge in [0.2, 0.25) is 0 Å². The molecule has 0 atom stereocenters. The number of hydrogen-bond donors (Lipinski definition) is 0. The van der Waals surface area contributed by atoms with Gasteiger partial charge >= 0.3 is 0 Å². The minimum Gasteiger partial charge on any atom is -0.456 e. The van der Waals surface area contributed by atoms with E-state index in [0.29, 0.717) is 22.1 Å². The lowest BCUT2D eigenvalue weighted by Crippen LogP contribution is -1.90. The van der Waals surface area contributed by atoms with Gasteiger partial charge in [0.25, 0.3) is 0 Å². The molecule has 7 aromatic carbocycles. The Kier molecular flexibility index (Phi) is 3.72. The summed E-state index contributed by atoms with van der Waals surface area (Å²) in [6, 6.07) is 34.2. The molecule has 0 spiro atoms. The van der Waals surface area contributed by atoms with Crippen molar-refractivity contribution in [2.24, 2.45) is 0 Å². The number of fused-ring (bicyclic) bond motifs is 5. The molecule has 0 N–H and O–H groups in total. The predicted molar refractivity (Wildman–Crippen MR) is 165 cm³/mol. The summed E-state index contributed by atoms with van der Waals surface area (Å²) in [7, 11) is 0. The maximum absolute atomic E-state index is 9.70. The number of furan rings is 1. The van der Waals surface area contributed by atoms with Crippen LogP contribution in [0, 0.1) is 0 Å². The van der Waals surface area contributed by atoms with Crippen LogP contribution in [0.25, 0.3) is 76.9 Å². The molecule has 8 aromatic rings. The van der Waals surface area contributed by atoms with Gasteiger partial charge in [0.05, 0.1) is 8.22 Å². The highest BCUT2D eigenvalue weighted by atomic mass is 16.3. The van der Waals surface area contributed by atoms with E-state index in [0.717, 1.165) is 32.7 Å². The van der Waals surface area contributed by atoms with Crippen LogP contribution >= 0.6 is 0 Å². The minimum absolute atomic E-state index is 0.00829. The topological polar surface area (TPSA) is 13.1 Å². The Labute approximate surface area is 235 Å². The molecule has 182 valence electrons. The van der Waals surface area contributed by atoms with Crippen molar-refractivity contribution in [3.05, 3.63) is 145 Å². The zero-order chi connectivity index (χ0) is 31.0. The average Bonchev–Trinajstić information content (AvgIpc) is 3.48. The Morgan fingerprint density at radius 3 is 1.59 bits per heavy atom. The SMILES string of the molecule is [2H]c1c(-c2c3ccccc3c(-c3ccccc3)c3ccccc23)c([2H])c2c(oc3c([2H])c([2H])c([2H])c(-c4ccccc4)c32)c1[2H]. The lowest BCUT2D eigenvalue weighted by Gasteiger charge is -2.17. The van der Waals surface area contributed by atoms with Crippen LogP contribution in [0.2, 0.25) is 0 Å². The van der Waals surface area contributed by atoms with Crippen LogP contribution in [0.1, 0.15) is 8.22 Å². The zero-order valence-corrected chi connectivity index (χ0v) is 20.8. The van der Waals surface area contributed by atoms with Crippen LogP contribution < -0.4 is 0 Å². The third kappa shape index (κ3) is 3.41. The maximum Gasteiger partial charge on any atom is 0.136 e. The van der Waals surface area contributed by atoms with Crippen LogP contribution in [-0.2, 0) is 0 Å². The highest BCUT2D eigenvalue weighted by molar-refractivity contribution is 6.22. The van der Waals surface area contributed by atoms with Crippen molar-refractivity contribution in [3.63, 3.8) is 0 Å². The molecule has 0 bridgehead atoms. The van der Waals surface area contributed by atoms with Crippen molar-refractivity contribution in [3.8, 4) is 33.4 Å². The van der Waals surface area contributed by atoms with E-state index in [4.69, 9.17) is 9.90 Å². The summed E-state index contributed by atoms with van der Waals surface area (Å²) in [6.07, 6.45) is 0. The van der Waals surface area contributed by atoms with Gasteiger partial charge in [-0.2, -0.15) is 0 Å². The lowest BCUT2D eigenvalue weighted by atomic mass is 9.85. The molecule has 1 heterocycles. The Morgan fingerprint density at radius 2 is 0.974 bits per heavy atom. The first-order valence-corrected chi connectivity index (χ1v) is 12.9. The van der Waals surface area contributed by atoms with Gasteiger partial charge < -0.3 is 4.42 Å². The van der Waals surface area contributed by atoms with Crippen LogP contribution in [0.5, 0.6) is 0 Å². The Morgan fingerprint density at radius 1 is 0.436 bits per heavy atom. The molecule has 1 heteroatoms. The summed E-state index contributed by atoms with van der Waals surface area (Å²) in [5.74, 6) is 0. The zero-order valence-electron chi connectivity index (χ0n) is 26.8. The summed E-state index contributed by atoms with van der Waals surface area (Å²) < 4.78 is 60.3. The van der Waals surface area contributed by atoms with Gasteiger partial charge in [0.15, 0.2) is 0 Å². The third-order valence-electron chi connectivity index (χ3n) is 7.38. The lowest BCUT2D eigenvalue weighted by molar-refractivity contribution is 0.669. The van der Waals surface area contributed by atoms with Gasteiger partial charge in [0.1, 0.15) is 11.2 Å². The summed E-state index contributed by atoms with van der Waals surface area (Å²) in [4.78, 5) is 0. The van der Waals surface area contributed by atoms with E-state index in [1.807, 2.05) is 84.9 Å². The standard InChI is InChI=1S/C38H24O/c1-3-12-25(13-4-1)28-20-11-21-35-38(28)33-24-27(22-23-34(33)39-35)37-31-18-9-7-16-29(31)36(26-14-5-2-6-15-26)30-17-8-10-19-32(30)37/h1-24H/i11D,20D,21D,22D,23D,24D. The number of hydrogen-bond acceptors (Lipinski definition) is 1. The fourth-order valence-corrected chi connectivity index (χ4v) is 5.71. The van der Waals surface area contributed by atoms with Crippen LogP contribution in [0.15, 0.2) is 150 Å². The molecule has 0 unspecified atom stereocenters. The van der Waals surface area contributed by atoms with E-state index >= 15 is 0 Å². The van der Waals surface area contributed by atoms with Crippen LogP contribution in [0.3, 0.4) is 0 Å². The summed E-state index contributed by atoms with van der Waals surface area (Å²) in [5, 5.41) is 4.24. The quantitative estimate of drug-likeness (QED) is 0.219. The first-order valence-electron chi connectivity index (χ1n) is 15.9. The van der Waals surface area contributed by atoms with Crippen molar-refractivity contribution in [2.75, 3.05) is 0 Å². The van der Waals surface area contributed by atoms with Crippen LogP contribution in [-0.4, -0.2) is 0 Å². The van der Waals surface area contributed by atoms with Gasteiger partial charge in [-0.05, 0) is 73.1 Å². The summed E-state index contributed by atoms with van der Waals surface area (Å²) in [5.41, 5.74) is 4.13. The molecule has 8 rings (SSSR count). The van der Waals surface area contributed by atoms with Crippen molar-refractivity contribution >= 4 is 43.5 Å². The predicted octanol–water partition coefficient (Wildman–Crippen LogP) is 10.9. The van der Waals surface area contributed by atoms with Crippen molar-refractivity contribution in [1.82, 2.24) is 0 Å². The second-order valence-electron chi connectivity index (χ2n) is 9.58. The molecule has 0 saturated carbocycles. The van der Waals surface area contributed by atoms with E-state index in [2.05, 4.69) is 24.3 Å². The van der Waals surface area contributed by atoms with Crippen LogP contribution in [0.4, 0.5) is 0 Å². The third-order valence-corrected chi connectivity index (χ3v) is 7.38. The number of rotatable bonds is 3. The van der Waals surface area contributed by atoms with E-state index in [-0.39, 0.29) is 58.4 Å². The second-order valence-corrected chi connectivity index (χ2v) is 9.58. The molecule has 0 radical (unpaired) electrons. The molecular weight excluding hydrogens is 472 g/mol. The summed E-state index contributed by atoms with van der Waals surface area (Å²) >= 11 is 0. The molecule has 0 saturated heterocycles. The average molecular weight is 503 g/mol. The normalized spacial score (nSPS) is 13.7. The molecule has 1 aromatic heterocycles. The van der Waals surface area contributed by atoms with Gasteiger partial charge in [-0.1, -0.05) is 127 Å². The first-order chi connectivity index (χ1) is 21.9. The Balaban J connectivity index is 1.59. The minimum atomic E-state index is -0.293. The van der Waals surface area contributed by atoms with Crippen molar-refractivity contribution in [2.45, 2.75) is 0 Å². The van der Waals surface area contributed by atoms with E-state index < -0.39 is 0 Å². The molecule has 1 nitrogen and oxygen atoms in total. The molecule has 0 aliphatic heterocycles.